The third-order valence-corrected chi connectivity index (χ3v) is 3.23. The van der Waals surface area contributed by atoms with Gasteiger partial charge < -0.3 is 5.11 Å². The van der Waals surface area contributed by atoms with Crippen molar-refractivity contribution in [2.45, 2.75) is 11.3 Å². The van der Waals surface area contributed by atoms with Crippen molar-refractivity contribution in [2.75, 3.05) is 0 Å². The predicted octanol–water partition coefficient (Wildman–Crippen LogP) is 1.70. The maximum atomic E-state index is 12.1. The molecule has 1 aromatic carbocycles. The molecule has 0 saturated carbocycles. The van der Waals surface area contributed by atoms with Crippen molar-refractivity contribution in [1.29, 1.82) is 5.26 Å². The van der Waals surface area contributed by atoms with E-state index in [9.17, 15) is 21.6 Å². The fourth-order valence-corrected chi connectivity index (χ4v) is 1.89. The average molecular weight is 265 g/mol. The second-order valence-corrected chi connectivity index (χ2v) is 5.19. The molecule has 4 nitrogen and oxygen atoms in total. The summed E-state index contributed by atoms with van der Waals surface area (Å²) in [5.41, 5.74) is -5.76. The van der Waals surface area contributed by atoms with E-state index in [-0.39, 0.29) is 11.1 Å². The van der Waals surface area contributed by atoms with Crippen LogP contribution in [0.1, 0.15) is 11.1 Å². The van der Waals surface area contributed by atoms with Gasteiger partial charge in [0.05, 0.1) is 17.4 Å². The summed E-state index contributed by atoms with van der Waals surface area (Å²) in [6, 6.07) is 4.45. The first-order valence-electron chi connectivity index (χ1n) is 4.18. The van der Waals surface area contributed by atoms with Gasteiger partial charge in [-0.3, -0.25) is 0 Å². The number of hydrogen-bond acceptors (Lipinski definition) is 4. The maximum Gasteiger partial charge on any atom is 0.497 e. The van der Waals surface area contributed by atoms with Gasteiger partial charge in [-0.25, -0.2) is 8.42 Å². The summed E-state index contributed by atoms with van der Waals surface area (Å²) in [6.45, 7) is 0. The summed E-state index contributed by atoms with van der Waals surface area (Å²) < 4.78 is 57.9. The molecule has 0 radical (unpaired) electrons. The Balaban J connectivity index is 3.14. The smallest absolute Gasteiger partial charge is 0.497 e. The van der Waals surface area contributed by atoms with Crippen LogP contribution in [0.25, 0.3) is 0 Å². The minimum absolute atomic E-state index is 0.114. The first-order valence-corrected chi connectivity index (χ1v) is 5.83. The highest BCUT2D eigenvalue weighted by Gasteiger charge is 2.45. The van der Waals surface area contributed by atoms with Gasteiger partial charge in [0.25, 0.3) is 9.84 Å². The Morgan fingerprint density at radius 3 is 2.35 bits per heavy atom. The third-order valence-electron chi connectivity index (χ3n) is 1.82. The lowest BCUT2D eigenvalue weighted by Gasteiger charge is -2.08. The topological polar surface area (TPSA) is 78.2 Å². The van der Waals surface area contributed by atoms with Crippen molar-refractivity contribution >= 4 is 9.84 Å². The second-order valence-electron chi connectivity index (χ2n) is 3.20. The molecule has 92 valence electrons. The van der Waals surface area contributed by atoms with Gasteiger partial charge in [-0.05, 0) is 23.8 Å². The number of rotatable bonds is 2. The zero-order valence-electron chi connectivity index (χ0n) is 8.19. The number of hydrogen-bond donors (Lipinski definition) is 1. The fourth-order valence-electron chi connectivity index (χ4n) is 1.12. The molecule has 0 fully saturated rings. The van der Waals surface area contributed by atoms with Gasteiger partial charge in [-0.15, -0.1) is 0 Å². The molecule has 0 amide bonds. The molecule has 0 saturated heterocycles. The molecular formula is C9H6F3NO3S. The molecule has 1 aromatic rings. The number of sulfone groups is 1. The summed E-state index contributed by atoms with van der Waals surface area (Å²) in [6.07, 6.45) is 0. The van der Waals surface area contributed by atoms with E-state index < -0.39 is 26.8 Å². The zero-order chi connectivity index (χ0) is 13.3. The third kappa shape index (κ3) is 3.10. The van der Waals surface area contributed by atoms with Crippen LogP contribution in [0.3, 0.4) is 0 Å². The first kappa shape index (κ1) is 13.3. The summed E-state index contributed by atoms with van der Waals surface area (Å²) in [4.78, 5) is 0. The number of halogens is 3. The van der Waals surface area contributed by atoms with Crippen molar-refractivity contribution in [3.8, 4) is 11.8 Å². The number of benzene rings is 1. The van der Waals surface area contributed by atoms with Crippen LogP contribution in [0, 0.1) is 11.3 Å². The average Bonchev–Trinajstić information content (AvgIpc) is 2.14. The molecule has 0 spiro atoms. The summed E-state index contributed by atoms with van der Waals surface area (Å²) in [5.74, 6) is -1.77. The van der Waals surface area contributed by atoms with Crippen LogP contribution in [-0.2, 0) is 15.6 Å². The highest BCUT2D eigenvalue weighted by molar-refractivity contribution is 7.91. The number of phenolic OH excluding ortho intramolecular Hbond substituents is 1. The minimum atomic E-state index is -5.36. The van der Waals surface area contributed by atoms with Crippen LogP contribution in [-0.4, -0.2) is 19.0 Å². The van der Waals surface area contributed by atoms with E-state index in [4.69, 9.17) is 10.4 Å². The van der Waals surface area contributed by atoms with Crippen molar-refractivity contribution in [1.82, 2.24) is 0 Å². The molecule has 1 rings (SSSR count). The standard InChI is InChI=1S/C9H6F3NO3S/c10-9(11,12)17(15,16)5-7-1-6(4-13)2-8(14)3-7/h1-3,14H,5H2. The minimum Gasteiger partial charge on any atom is -0.508 e. The van der Waals surface area contributed by atoms with Gasteiger partial charge in [-0.1, -0.05) is 0 Å². The van der Waals surface area contributed by atoms with Gasteiger partial charge in [0.2, 0.25) is 0 Å². The van der Waals surface area contributed by atoms with Crippen molar-refractivity contribution < 1.29 is 26.7 Å². The number of aromatic hydroxyl groups is 1. The number of phenols is 1. The molecule has 0 heterocycles. The molecule has 8 heteroatoms. The van der Waals surface area contributed by atoms with E-state index in [0.717, 1.165) is 18.2 Å². The van der Waals surface area contributed by atoms with E-state index in [1.54, 1.807) is 6.07 Å². The molecule has 0 unspecified atom stereocenters. The van der Waals surface area contributed by atoms with Crippen LogP contribution < -0.4 is 0 Å². The summed E-state index contributed by atoms with van der Waals surface area (Å²) in [5, 5.41) is 17.6. The van der Waals surface area contributed by atoms with Crippen LogP contribution in [0.4, 0.5) is 13.2 Å². The molecule has 17 heavy (non-hydrogen) atoms. The number of nitriles is 1. The van der Waals surface area contributed by atoms with E-state index in [2.05, 4.69) is 0 Å². The van der Waals surface area contributed by atoms with E-state index in [1.165, 1.54) is 0 Å². The van der Waals surface area contributed by atoms with E-state index in [1.807, 2.05) is 0 Å². The maximum absolute atomic E-state index is 12.1. The lowest BCUT2D eigenvalue weighted by molar-refractivity contribution is -0.0437. The van der Waals surface area contributed by atoms with Crippen LogP contribution in [0.15, 0.2) is 18.2 Å². The van der Waals surface area contributed by atoms with Crippen molar-refractivity contribution in [2.24, 2.45) is 0 Å². The first-order chi connectivity index (χ1) is 7.65. The summed E-state index contributed by atoms with van der Waals surface area (Å²) >= 11 is 0. The number of nitrogens with zero attached hydrogens (tertiary/aromatic N) is 1. The van der Waals surface area contributed by atoms with Crippen LogP contribution >= 0.6 is 0 Å². The molecule has 0 bridgehead atoms. The Kier molecular flexibility index (Phi) is 3.33. The molecule has 1 N–H and O–H groups in total. The molecule has 0 atom stereocenters. The van der Waals surface area contributed by atoms with E-state index in [0.29, 0.717) is 0 Å². The summed E-state index contributed by atoms with van der Waals surface area (Å²) in [7, 11) is -5.31. The van der Waals surface area contributed by atoms with Gasteiger partial charge >= 0.3 is 5.51 Å². The monoisotopic (exact) mass is 265 g/mol. The van der Waals surface area contributed by atoms with Crippen LogP contribution in [0.2, 0.25) is 0 Å². The lowest BCUT2D eigenvalue weighted by Crippen LogP contribution is -2.24. The Hall–Kier alpha value is -1.75. The van der Waals surface area contributed by atoms with Gasteiger partial charge in [0, 0.05) is 0 Å². The number of alkyl halides is 3. The normalized spacial score (nSPS) is 12.1. The van der Waals surface area contributed by atoms with Gasteiger partial charge in [0.1, 0.15) is 5.75 Å². The highest BCUT2D eigenvalue weighted by Crippen LogP contribution is 2.28. The Morgan fingerprint density at radius 1 is 1.29 bits per heavy atom. The Labute approximate surface area is 94.8 Å². The zero-order valence-corrected chi connectivity index (χ0v) is 9.01. The molecular weight excluding hydrogens is 259 g/mol. The fraction of sp³-hybridized carbons (Fsp3) is 0.222. The largest absolute Gasteiger partial charge is 0.508 e. The molecule has 0 aliphatic heterocycles. The predicted molar refractivity (Wildman–Crippen MR) is 51.5 cm³/mol. The van der Waals surface area contributed by atoms with Crippen molar-refractivity contribution in [3.63, 3.8) is 0 Å². The highest BCUT2D eigenvalue weighted by atomic mass is 32.2. The Morgan fingerprint density at radius 2 is 1.88 bits per heavy atom. The molecule has 0 aliphatic rings. The lowest BCUT2D eigenvalue weighted by atomic mass is 10.1. The Bertz CT molecular complexity index is 572. The van der Waals surface area contributed by atoms with Gasteiger partial charge in [0.15, 0.2) is 0 Å². The van der Waals surface area contributed by atoms with Gasteiger partial charge in [-0.2, -0.15) is 18.4 Å². The van der Waals surface area contributed by atoms with Crippen molar-refractivity contribution in [3.05, 3.63) is 29.3 Å². The molecule has 0 aromatic heterocycles. The van der Waals surface area contributed by atoms with E-state index >= 15 is 0 Å². The van der Waals surface area contributed by atoms with Crippen LogP contribution in [0.5, 0.6) is 5.75 Å². The quantitative estimate of drug-likeness (QED) is 0.882. The SMILES string of the molecule is N#Cc1cc(O)cc(CS(=O)(=O)C(F)(F)F)c1. The second kappa shape index (κ2) is 4.25. The molecule has 0 aliphatic carbocycles.